The number of fused-ring (bicyclic) bond motifs is 9. The SMILES string of the molecule is c1ccc(-c2nc(-c3ccccc3)nc(-c3cccc4c3sc3cccc(-c5cc(-c6cccc7c6oc6ccccc67)cc6c5sc5ccccc56)c34)n2)cc1. The smallest absolute Gasteiger partial charge is 0.165 e. The van der Waals surface area contributed by atoms with Gasteiger partial charge in [0.05, 0.1) is 0 Å². The number of nitrogens with zero attached hydrogens (tertiary/aromatic N) is 3. The molecule has 0 atom stereocenters. The lowest BCUT2D eigenvalue weighted by molar-refractivity contribution is 0.670. The quantitative estimate of drug-likeness (QED) is 0.175. The Kier molecular flexibility index (Phi) is 7.24. The van der Waals surface area contributed by atoms with Gasteiger partial charge in [-0.25, -0.2) is 15.0 Å². The first-order valence-electron chi connectivity index (χ1n) is 18.9. The number of hydrogen-bond acceptors (Lipinski definition) is 6. The van der Waals surface area contributed by atoms with Crippen molar-refractivity contribution in [1.29, 1.82) is 0 Å². The van der Waals surface area contributed by atoms with Crippen LogP contribution in [0.1, 0.15) is 0 Å². The summed E-state index contributed by atoms with van der Waals surface area (Å²) >= 11 is 3.66. The van der Waals surface area contributed by atoms with Crippen LogP contribution in [0.2, 0.25) is 0 Å². The van der Waals surface area contributed by atoms with Crippen molar-refractivity contribution in [1.82, 2.24) is 15.0 Å². The first kappa shape index (κ1) is 32.3. The van der Waals surface area contributed by atoms with E-state index in [1.165, 1.54) is 46.8 Å². The van der Waals surface area contributed by atoms with E-state index in [0.29, 0.717) is 17.5 Å². The fourth-order valence-electron chi connectivity index (χ4n) is 8.33. The van der Waals surface area contributed by atoms with Crippen LogP contribution in [0.5, 0.6) is 0 Å². The van der Waals surface area contributed by atoms with Gasteiger partial charge in [0.25, 0.3) is 0 Å². The Labute approximate surface area is 335 Å². The first-order chi connectivity index (χ1) is 28.2. The largest absolute Gasteiger partial charge is 0.455 e. The van der Waals surface area contributed by atoms with Gasteiger partial charge >= 0.3 is 0 Å². The summed E-state index contributed by atoms with van der Waals surface area (Å²) in [5.41, 5.74) is 9.35. The Bertz CT molecular complexity index is 3470. The van der Waals surface area contributed by atoms with E-state index < -0.39 is 0 Å². The Morgan fingerprint density at radius 3 is 1.70 bits per heavy atom. The molecule has 0 saturated heterocycles. The van der Waals surface area contributed by atoms with E-state index in [1.54, 1.807) is 11.3 Å². The minimum Gasteiger partial charge on any atom is -0.455 e. The third kappa shape index (κ3) is 5.15. The zero-order chi connectivity index (χ0) is 37.5. The van der Waals surface area contributed by atoms with Gasteiger partial charge in [-0.15, -0.1) is 22.7 Å². The minimum atomic E-state index is 0.654. The average Bonchev–Trinajstić information content (AvgIpc) is 3.98. The van der Waals surface area contributed by atoms with E-state index in [4.69, 9.17) is 19.4 Å². The molecule has 0 aliphatic carbocycles. The van der Waals surface area contributed by atoms with Crippen molar-refractivity contribution in [3.05, 3.63) is 176 Å². The summed E-state index contributed by atoms with van der Waals surface area (Å²) in [6, 6.07) is 61.9. The van der Waals surface area contributed by atoms with Crippen LogP contribution in [-0.2, 0) is 0 Å². The predicted octanol–water partition coefficient (Wildman–Crippen LogP) is 14.8. The molecule has 0 radical (unpaired) electrons. The molecule has 12 rings (SSSR count). The summed E-state index contributed by atoms with van der Waals surface area (Å²) in [5.74, 6) is 1.97. The van der Waals surface area contributed by atoms with Gasteiger partial charge in [0.1, 0.15) is 11.2 Å². The normalized spacial score (nSPS) is 11.9. The number of thiophene rings is 2. The summed E-state index contributed by atoms with van der Waals surface area (Å²) in [7, 11) is 0. The lowest BCUT2D eigenvalue weighted by atomic mass is 9.93. The molecule has 0 unspecified atom stereocenters. The van der Waals surface area contributed by atoms with Crippen LogP contribution in [0.15, 0.2) is 180 Å². The minimum absolute atomic E-state index is 0.654. The molecular weight excluding hydrogens is 735 g/mol. The lowest BCUT2D eigenvalue weighted by Gasteiger charge is -2.11. The lowest BCUT2D eigenvalue weighted by Crippen LogP contribution is -2.00. The van der Waals surface area contributed by atoms with Gasteiger partial charge in [-0.2, -0.15) is 0 Å². The summed E-state index contributed by atoms with van der Waals surface area (Å²) < 4.78 is 11.5. The molecule has 0 spiro atoms. The molecule has 0 N–H and O–H groups in total. The molecule has 0 aliphatic heterocycles. The first-order valence-corrected chi connectivity index (χ1v) is 20.6. The molecule has 0 aliphatic rings. The van der Waals surface area contributed by atoms with E-state index in [1.807, 2.05) is 53.8 Å². The van der Waals surface area contributed by atoms with Gasteiger partial charge in [-0.05, 0) is 47.5 Å². The van der Waals surface area contributed by atoms with Crippen molar-refractivity contribution >= 4 is 85.0 Å². The van der Waals surface area contributed by atoms with Crippen molar-refractivity contribution in [2.45, 2.75) is 0 Å². The molecule has 0 bridgehead atoms. The van der Waals surface area contributed by atoms with E-state index in [9.17, 15) is 0 Å². The van der Waals surface area contributed by atoms with Gasteiger partial charge in [0.2, 0.25) is 0 Å². The fourth-order valence-corrected chi connectivity index (χ4v) is 10.8. The summed E-state index contributed by atoms with van der Waals surface area (Å²) in [6.45, 7) is 0. The standard InChI is InChI=1S/C51H29N3OS2/c1-3-14-30(15-4-1)49-52-50(31-16-5-2-6-17-31)54-51(53-49)39-24-12-23-38-45-36(21-13-27-44(45)57-47(38)39)41-29-32(28-40-35-19-8-10-26-43(35)56-48(40)41)33-20-11-22-37-34-18-7-9-25-42(34)55-46(33)37/h1-29H. The second-order valence-corrected chi connectivity index (χ2v) is 16.4. The van der Waals surface area contributed by atoms with Crippen LogP contribution in [0.25, 0.3) is 119 Å². The predicted molar refractivity (Wildman–Crippen MR) is 240 cm³/mol. The fraction of sp³-hybridized carbons (Fsp3) is 0. The van der Waals surface area contributed by atoms with Gasteiger partial charge in [0, 0.05) is 78.9 Å². The monoisotopic (exact) mass is 763 g/mol. The second-order valence-electron chi connectivity index (χ2n) is 14.3. The second kappa shape index (κ2) is 12.8. The number of aromatic nitrogens is 3. The Balaban J connectivity index is 1.11. The molecular formula is C51H29N3OS2. The van der Waals surface area contributed by atoms with E-state index in [-0.39, 0.29) is 0 Å². The van der Waals surface area contributed by atoms with Crippen molar-refractivity contribution in [2.24, 2.45) is 0 Å². The third-order valence-electron chi connectivity index (χ3n) is 10.9. The Morgan fingerprint density at radius 1 is 0.351 bits per heavy atom. The highest BCUT2D eigenvalue weighted by Gasteiger charge is 2.22. The Hall–Kier alpha value is -6.99. The van der Waals surface area contributed by atoms with Gasteiger partial charge < -0.3 is 4.42 Å². The van der Waals surface area contributed by atoms with E-state index in [0.717, 1.165) is 54.5 Å². The molecule has 4 aromatic heterocycles. The molecule has 266 valence electrons. The number of para-hydroxylation sites is 2. The molecule has 6 heteroatoms. The number of hydrogen-bond donors (Lipinski definition) is 0. The van der Waals surface area contributed by atoms with Crippen LogP contribution < -0.4 is 0 Å². The average molecular weight is 764 g/mol. The molecule has 4 nitrogen and oxygen atoms in total. The highest BCUT2D eigenvalue weighted by Crippen LogP contribution is 2.49. The van der Waals surface area contributed by atoms with Crippen LogP contribution in [-0.4, -0.2) is 15.0 Å². The van der Waals surface area contributed by atoms with Crippen LogP contribution >= 0.6 is 22.7 Å². The summed E-state index contributed by atoms with van der Waals surface area (Å²) in [5, 5.41) is 7.19. The third-order valence-corrected chi connectivity index (χ3v) is 13.4. The van der Waals surface area contributed by atoms with Crippen molar-refractivity contribution in [3.63, 3.8) is 0 Å². The van der Waals surface area contributed by atoms with E-state index in [2.05, 4.69) is 133 Å². The molecule has 0 fully saturated rings. The maximum Gasteiger partial charge on any atom is 0.165 e. The van der Waals surface area contributed by atoms with Crippen molar-refractivity contribution < 1.29 is 4.42 Å². The summed E-state index contributed by atoms with van der Waals surface area (Å²) in [4.78, 5) is 15.2. The highest BCUT2D eigenvalue weighted by atomic mass is 32.1. The maximum atomic E-state index is 6.60. The summed E-state index contributed by atoms with van der Waals surface area (Å²) in [6.07, 6.45) is 0. The van der Waals surface area contributed by atoms with Crippen molar-refractivity contribution in [2.75, 3.05) is 0 Å². The van der Waals surface area contributed by atoms with Gasteiger partial charge in [0.15, 0.2) is 17.5 Å². The molecule has 12 aromatic rings. The Morgan fingerprint density at radius 2 is 0.912 bits per heavy atom. The number of benzene rings is 8. The molecule has 0 amide bonds. The molecule has 8 aromatic carbocycles. The molecule has 57 heavy (non-hydrogen) atoms. The van der Waals surface area contributed by atoms with Gasteiger partial charge in [-0.1, -0.05) is 140 Å². The zero-order valence-corrected chi connectivity index (χ0v) is 31.9. The van der Waals surface area contributed by atoms with Gasteiger partial charge in [-0.3, -0.25) is 0 Å². The van der Waals surface area contributed by atoms with Crippen LogP contribution in [0, 0.1) is 0 Å². The molecule has 0 saturated carbocycles. The van der Waals surface area contributed by atoms with E-state index >= 15 is 0 Å². The van der Waals surface area contributed by atoms with Crippen molar-refractivity contribution in [3.8, 4) is 56.4 Å². The van der Waals surface area contributed by atoms with Crippen LogP contribution in [0.4, 0.5) is 0 Å². The zero-order valence-electron chi connectivity index (χ0n) is 30.3. The number of furan rings is 1. The topological polar surface area (TPSA) is 51.8 Å². The highest BCUT2D eigenvalue weighted by molar-refractivity contribution is 7.27. The maximum absolute atomic E-state index is 6.60. The van der Waals surface area contributed by atoms with Crippen LogP contribution in [0.3, 0.4) is 0 Å². The number of rotatable bonds is 5. The molecule has 4 heterocycles.